The first-order valence-electron chi connectivity index (χ1n) is 8.47. The van der Waals surface area contributed by atoms with Gasteiger partial charge < -0.3 is 25.3 Å². The molecule has 0 spiro atoms. The third-order valence-electron chi connectivity index (χ3n) is 3.77. The van der Waals surface area contributed by atoms with E-state index in [9.17, 15) is 4.79 Å². The smallest absolute Gasteiger partial charge is 0.255 e. The maximum absolute atomic E-state index is 10.9. The van der Waals surface area contributed by atoms with Gasteiger partial charge in [-0.3, -0.25) is 9.69 Å². The van der Waals surface area contributed by atoms with Crippen LogP contribution in [0.25, 0.3) is 0 Å². The van der Waals surface area contributed by atoms with Gasteiger partial charge in [0.15, 0.2) is 18.1 Å². The summed E-state index contributed by atoms with van der Waals surface area (Å²) < 4.78 is 16.3. The highest BCUT2D eigenvalue weighted by Crippen LogP contribution is 2.36. The first-order chi connectivity index (χ1) is 12.1. The summed E-state index contributed by atoms with van der Waals surface area (Å²) in [4.78, 5) is 13.3. The zero-order chi connectivity index (χ0) is 18.1. The number of nitrogens with one attached hydrogen (secondary N) is 1. The molecule has 0 radical (unpaired) electrons. The van der Waals surface area contributed by atoms with Crippen molar-refractivity contribution in [2.24, 2.45) is 5.73 Å². The van der Waals surface area contributed by atoms with E-state index >= 15 is 0 Å². The number of carbonyl (C=O) groups excluding carboxylic acids is 1. The van der Waals surface area contributed by atoms with Crippen molar-refractivity contribution in [1.82, 2.24) is 10.2 Å². The number of morpholine rings is 1. The van der Waals surface area contributed by atoms with Gasteiger partial charge in [-0.15, -0.1) is 0 Å². The summed E-state index contributed by atoms with van der Waals surface area (Å²) in [6.07, 6.45) is 0. The van der Waals surface area contributed by atoms with Gasteiger partial charge in [0.05, 0.1) is 24.8 Å². The summed E-state index contributed by atoms with van der Waals surface area (Å²) in [5, 5.41) is 3.80. The molecule has 0 atom stereocenters. The van der Waals surface area contributed by atoms with Crippen LogP contribution in [0.1, 0.15) is 12.5 Å². The number of carbonyl (C=O) groups is 1. The van der Waals surface area contributed by atoms with Crippen LogP contribution >= 0.6 is 11.6 Å². The summed E-state index contributed by atoms with van der Waals surface area (Å²) >= 11 is 6.28. The maximum Gasteiger partial charge on any atom is 0.255 e. The first-order valence-corrected chi connectivity index (χ1v) is 8.85. The van der Waals surface area contributed by atoms with Crippen LogP contribution in [0, 0.1) is 0 Å². The molecule has 1 aromatic rings. The van der Waals surface area contributed by atoms with E-state index in [-0.39, 0.29) is 6.61 Å². The lowest BCUT2D eigenvalue weighted by molar-refractivity contribution is -0.119. The number of rotatable bonds is 10. The van der Waals surface area contributed by atoms with E-state index in [0.29, 0.717) is 29.7 Å². The minimum Gasteiger partial charge on any atom is -0.490 e. The second-order valence-electron chi connectivity index (χ2n) is 5.72. The fraction of sp³-hybridized carbons (Fsp3) is 0.588. The van der Waals surface area contributed by atoms with E-state index in [2.05, 4.69) is 10.2 Å². The van der Waals surface area contributed by atoms with Gasteiger partial charge in [-0.2, -0.15) is 0 Å². The monoisotopic (exact) mass is 371 g/mol. The molecule has 0 bridgehead atoms. The lowest BCUT2D eigenvalue weighted by atomic mass is 10.2. The van der Waals surface area contributed by atoms with Gasteiger partial charge in [-0.25, -0.2) is 0 Å². The normalized spacial score (nSPS) is 15.1. The molecule has 0 aliphatic carbocycles. The van der Waals surface area contributed by atoms with Gasteiger partial charge in [-0.05, 0) is 24.6 Å². The average Bonchev–Trinajstić information content (AvgIpc) is 2.59. The molecule has 1 aliphatic rings. The molecule has 7 nitrogen and oxygen atoms in total. The number of amides is 1. The van der Waals surface area contributed by atoms with Gasteiger partial charge in [0, 0.05) is 32.7 Å². The number of benzene rings is 1. The van der Waals surface area contributed by atoms with Gasteiger partial charge >= 0.3 is 0 Å². The van der Waals surface area contributed by atoms with Crippen LogP contribution < -0.4 is 20.5 Å². The van der Waals surface area contributed by atoms with Gasteiger partial charge in [0.2, 0.25) is 0 Å². The molecule has 1 aliphatic heterocycles. The largest absolute Gasteiger partial charge is 0.490 e. The summed E-state index contributed by atoms with van der Waals surface area (Å²) in [5.41, 5.74) is 6.11. The molecule has 1 heterocycles. The SMILES string of the molecule is CCOc1cc(CNCCN2CCOCC2)cc(Cl)c1OCC(N)=O. The summed E-state index contributed by atoms with van der Waals surface area (Å²) in [5.74, 6) is 0.299. The number of primary amides is 1. The van der Waals surface area contributed by atoms with E-state index in [1.54, 1.807) is 0 Å². The van der Waals surface area contributed by atoms with Crippen LogP contribution in [0.5, 0.6) is 11.5 Å². The molecule has 140 valence electrons. The molecule has 1 aromatic carbocycles. The molecular formula is C17H26ClN3O4. The van der Waals surface area contributed by atoms with Gasteiger partial charge in [0.1, 0.15) is 0 Å². The highest BCUT2D eigenvalue weighted by atomic mass is 35.5. The number of hydrogen-bond acceptors (Lipinski definition) is 6. The van der Waals surface area contributed by atoms with Crippen LogP contribution in [0.3, 0.4) is 0 Å². The highest BCUT2D eigenvalue weighted by molar-refractivity contribution is 6.32. The Balaban J connectivity index is 1.89. The van der Waals surface area contributed by atoms with E-state index in [1.807, 2.05) is 19.1 Å². The minimum absolute atomic E-state index is 0.239. The van der Waals surface area contributed by atoms with E-state index < -0.39 is 5.91 Å². The average molecular weight is 372 g/mol. The number of halogens is 1. The van der Waals surface area contributed by atoms with Crippen molar-refractivity contribution in [3.63, 3.8) is 0 Å². The molecule has 2 rings (SSSR count). The molecule has 0 unspecified atom stereocenters. The quantitative estimate of drug-likeness (QED) is 0.597. The Hall–Kier alpha value is -1.54. The Morgan fingerprint density at radius 1 is 1.36 bits per heavy atom. The van der Waals surface area contributed by atoms with Gasteiger partial charge in [0.25, 0.3) is 5.91 Å². The molecule has 3 N–H and O–H groups in total. The Morgan fingerprint density at radius 2 is 2.12 bits per heavy atom. The van der Waals surface area contributed by atoms with Crippen molar-refractivity contribution in [3.8, 4) is 11.5 Å². The molecule has 0 aromatic heterocycles. The van der Waals surface area contributed by atoms with Crippen LogP contribution in [-0.4, -0.2) is 63.4 Å². The molecule has 25 heavy (non-hydrogen) atoms. The van der Waals surface area contributed by atoms with Gasteiger partial charge in [-0.1, -0.05) is 11.6 Å². The second kappa shape index (κ2) is 10.5. The molecule has 8 heteroatoms. The number of ether oxygens (including phenoxy) is 3. The fourth-order valence-corrected chi connectivity index (χ4v) is 2.85. The fourth-order valence-electron chi connectivity index (χ4n) is 2.56. The van der Waals surface area contributed by atoms with E-state index in [1.165, 1.54) is 0 Å². The Labute approximate surface area is 153 Å². The predicted molar refractivity (Wildman–Crippen MR) is 96.3 cm³/mol. The molecular weight excluding hydrogens is 346 g/mol. The molecule has 0 saturated carbocycles. The minimum atomic E-state index is -0.563. The van der Waals surface area contributed by atoms with Crippen LogP contribution in [0.15, 0.2) is 12.1 Å². The van der Waals surface area contributed by atoms with Crippen molar-refractivity contribution in [2.75, 3.05) is 52.6 Å². The van der Waals surface area contributed by atoms with E-state index in [4.69, 9.17) is 31.5 Å². The Bertz CT molecular complexity index is 565. The van der Waals surface area contributed by atoms with Crippen LogP contribution in [-0.2, 0) is 16.1 Å². The second-order valence-corrected chi connectivity index (χ2v) is 6.13. The highest BCUT2D eigenvalue weighted by Gasteiger charge is 2.14. The standard InChI is InChI=1S/C17H26ClN3O4/c1-2-24-15-10-13(9-14(18)17(15)25-12-16(19)22)11-20-3-4-21-5-7-23-8-6-21/h9-10,20H,2-8,11-12H2,1H3,(H2,19,22). The Kier molecular flexibility index (Phi) is 8.27. The first kappa shape index (κ1) is 19.8. The van der Waals surface area contributed by atoms with Crippen LogP contribution in [0.2, 0.25) is 5.02 Å². The summed E-state index contributed by atoms with van der Waals surface area (Å²) in [7, 11) is 0. The van der Waals surface area contributed by atoms with Crippen molar-refractivity contribution in [2.45, 2.75) is 13.5 Å². The number of nitrogens with zero attached hydrogens (tertiary/aromatic N) is 1. The Morgan fingerprint density at radius 3 is 2.80 bits per heavy atom. The number of hydrogen-bond donors (Lipinski definition) is 2. The lowest BCUT2D eigenvalue weighted by Crippen LogP contribution is -2.40. The zero-order valence-electron chi connectivity index (χ0n) is 14.6. The van der Waals surface area contributed by atoms with E-state index in [0.717, 1.165) is 45.0 Å². The predicted octanol–water partition coefficient (Wildman–Crippen LogP) is 1.02. The van der Waals surface area contributed by atoms with Crippen molar-refractivity contribution < 1.29 is 19.0 Å². The lowest BCUT2D eigenvalue weighted by Gasteiger charge is -2.26. The molecule has 1 fully saturated rings. The molecule has 1 saturated heterocycles. The maximum atomic E-state index is 10.9. The summed E-state index contributed by atoms with van der Waals surface area (Å²) in [6.45, 7) is 8.20. The summed E-state index contributed by atoms with van der Waals surface area (Å²) in [6, 6.07) is 3.68. The van der Waals surface area contributed by atoms with Crippen molar-refractivity contribution >= 4 is 17.5 Å². The zero-order valence-corrected chi connectivity index (χ0v) is 15.3. The third kappa shape index (κ3) is 6.70. The number of nitrogens with two attached hydrogens (primary N) is 1. The van der Waals surface area contributed by atoms with Crippen molar-refractivity contribution in [3.05, 3.63) is 22.7 Å². The molecule has 1 amide bonds. The van der Waals surface area contributed by atoms with Crippen molar-refractivity contribution in [1.29, 1.82) is 0 Å². The van der Waals surface area contributed by atoms with Crippen LogP contribution in [0.4, 0.5) is 0 Å². The topological polar surface area (TPSA) is 86.1 Å². The third-order valence-corrected chi connectivity index (χ3v) is 4.05.